The standard InChI is InChI=1S/C5H6F2/c6-5(7)3-4(5)1-2-4/h1-3H2. The van der Waals surface area contributed by atoms with Crippen LogP contribution in [0.2, 0.25) is 0 Å². The van der Waals surface area contributed by atoms with Crippen molar-refractivity contribution in [1.82, 2.24) is 0 Å². The Balaban J connectivity index is 2.22. The molecule has 0 aliphatic heterocycles. The van der Waals surface area contributed by atoms with Gasteiger partial charge in [-0.1, -0.05) is 0 Å². The van der Waals surface area contributed by atoms with E-state index in [1.54, 1.807) is 0 Å². The number of hydrogen-bond donors (Lipinski definition) is 0. The van der Waals surface area contributed by atoms with E-state index in [0.717, 1.165) is 12.8 Å². The summed E-state index contributed by atoms with van der Waals surface area (Å²) in [6.07, 6.45) is 1.74. The Bertz CT molecular complexity index is 111. The van der Waals surface area contributed by atoms with E-state index in [0.29, 0.717) is 0 Å². The van der Waals surface area contributed by atoms with Crippen molar-refractivity contribution in [3.05, 3.63) is 0 Å². The van der Waals surface area contributed by atoms with Gasteiger partial charge in [0.15, 0.2) is 0 Å². The number of alkyl halides is 2. The highest BCUT2D eigenvalue weighted by Crippen LogP contribution is 2.75. The van der Waals surface area contributed by atoms with Gasteiger partial charge in [-0.25, -0.2) is 8.78 Å². The van der Waals surface area contributed by atoms with Gasteiger partial charge in [0.1, 0.15) is 0 Å². The summed E-state index contributed by atoms with van der Waals surface area (Å²) in [5.74, 6) is -2.24. The van der Waals surface area contributed by atoms with Crippen molar-refractivity contribution in [3.8, 4) is 0 Å². The summed E-state index contributed by atoms with van der Waals surface area (Å²) in [5, 5.41) is 0. The second kappa shape index (κ2) is 0.627. The molecule has 0 radical (unpaired) electrons. The van der Waals surface area contributed by atoms with E-state index in [1.807, 2.05) is 0 Å². The highest BCUT2D eigenvalue weighted by molar-refractivity contribution is 5.19. The van der Waals surface area contributed by atoms with Crippen molar-refractivity contribution in [2.75, 3.05) is 0 Å². The van der Waals surface area contributed by atoms with Crippen LogP contribution >= 0.6 is 0 Å². The number of hydrogen-bond acceptors (Lipinski definition) is 0. The van der Waals surface area contributed by atoms with Gasteiger partial charge in [-0.3, -0.25) is 0 Å². The van der Waals surface area contributed by atoms with Gasteiger partial charge in [0.25, 0.3) is 5.92 Å². The van der Waals surface area contributed by atoms with Crippen LogP contribution in [-0.4, -0.2) is 5.92 Å². The van der Waals surface area contributed by atoms with Gasteiger partial charge in [0.05, 0.1) is 0 Å². The summed E-state index contributed by atoms with van der Waals surface area (Å²) in [5.41, 5.74) is -0.438. The largest absolute Gasteiger partial charge is 0.254 e. The Hall–Kier alpha value is -0.140. The Labute approximate surface area is 40.5 Å². The van der Waals surface area contributed by atoms with E-state index in [9.17, 15) is 8.78 Å². The molecule has 0 aromatic rings. The second-order valence-corrected chi connectivity index (χ2v) is 2.66. The summed E-state index contributed by atoms with van der Waals surface area (Å²) >= 11 is 0. The van der Waals surface area contributed by atoms with E-state index < -0.39 is 11.3 Å². The highest BCUT2D eigenvalue weighted by Gasteiger charge is 2.77. The molecule has 0 heterocycles. The zero-order valence-electron chi connectivity index (χ0n) is 3.88. The third kappa shape index (κ3) is 0.274. The zero-order chi connectivity index (χ0) is 5.12. The molecule has 0 nitrogen and oxygen atoms in total. The highest BCUT2D eigenvalue weighted by atomic mass is 19.3. The summed E-state index contributed by atoms with van der Waals surface area (Å²) in [6.45, 7) is 0. The Kier molecular flexibility index (Phi) is 0.341. The van der Waals surface area contributed by atoms with Gasteiger partial charge < -0.3 is 0 Å². The molecule has 2 heteroatoms. The van der Waals surface area contributed by atoms with Crippen molar-refractivity contribution >= 4 is 0 Å². The molecule has 0 N–H and O–H groups in total. The first-order chi connectivity index (χ1) is 3.16. The molecule has 0 bridgehead atoms. The van der Waals surface area contributed by atoms with Crippen LogP contribution in [-0.2, 0) is 0 Å². The lowest BCUT2D eigenvalue weighted by Crippen LogP contribution is -1.90. The van der Waals surface area contributed by atoms with Crippen LogP contribution < -0.4 is 0 Å². The van der Waals surface area contributed by atoms with Gasteiger partial charge in [-0.05, 0) is 12.8 Å². The van der Waals surface area contributed by atoms with Crippen LogP contribution in [0, 0.1) is 5.41 Å². The van der Waals surface area contributed by atoms with Crippen molar-refractivity contribution in [3.63, 3.8) is 0 Å². The van der Waals surface area contributed by atoms with E-state index in [2.05, 4.69) is 0 Å². The second-order valence-electron chi connectivity index (χ2n) is 2.66. The molecule has 0 atom stereocenters. The zero-order valence-corrected chi connectivity index (χ0v) is 3.88. The Morgan fingerprint density at radius 3 is 1.57 bits per heavy atom. The van der Waals surface area contributed by atoms with Crippen LogP contribution in [0.5, 0.6) is 0 Å². The van der Waals surface area contributed by atoms with Crippen LogP contribution in [0.15, 0.2) is 0 Å². The SMILES string of the molecule is FC1(F)CC12CC2. The van der Waals surface area contributed by atoms with Crippen molar-refractivity contribution < 1.29 is 8.78 Å². The Morgan fingerprint density at radius 2 is 1.57 bits per heavy atom. The molecular formula is C5H6F2. The normalized spacial score (nSPS) is 38.6. The fourth-order valence-corrected chi connectivity index (χ4v) is 1.07. The molecule has 0 unspecified atom stereocenters. The van der Waals surface area contributed by atoms with Crippen LogP contribution in [0.25, 0.3) is 0 Å². The quantitative estimate of drug-likeness (QED) is 0.439. The van der Waals surface area contributed by atoms with E-state index in [4.69, 9.17) is 0 Å². The molecule has 1 spiro atoms. The molecule has 2 rings (SSSR count). The monoisotopic (exact) mass is 104 g/mol. The first kappa shape index (κ1) is 3.81. The van der Waals surface area contributed by atoms with Crippen LogP contribution in [0.3, 0.4) is 0 Å². The molecule has 0 amide bonds. The molecule has 40 valence electrons. The lowest BCUT2D eigenvalue weighted by atomic mass is 10.4. The minimum Gasteiger partial charge on any atom is -0.206 e. The average molecular weight is 104 g/mol. The molecule has 7 heavy (non-hydrogen) atoms. The summed E-state index contributed by atoms with van der Waals surface area (Å²) in [4.78, 5) is 0. The summed E-state index contributed by atoms with van der Waals surface area (Å²) < 4.78 is 23.9. The topological polar surface area (TPSA) is 0 Å². The minimum atomic E-state index is -2.24. The molecule has 0 aromatic heterocycles. The molecule has 0 saturated heterocycles. The maximum atomic E-state index is 12.0. The van der Waals surface area contributed by atoms with Gasteiger partial charge in [-0.15, -0.1) is 0 Å². The molecule has 2 saturated carbocycles. The van der Waals surface area contributed by atoms with Crippen molar-refractivity contribution in [2.45, 2.75) is 25.2 Å². The fourth-order valence-electron chi connectivity index (χ4n) is 1.07. The number of halogens is 2. The van der Waals surface area contributed by atoms with Gasteiger partial charge in [0, 0.05) is 11.8 Å². The number of rotatable bonds is 0. The van der Waals surface area contributed by atoms with Gasteiger partial charge in [-0.2, -0.15) is 0 Å². The van der Waals surface area contributed by atoms with Crippen LogP contribution in [0.4, 0.5) is 8.78 Å². The first-order valence-electron chi connectivity index (χ1n) is 2.54. The third-order valence-electron chi connectivity index (χ3n) is 2.06. The average Bonchev–Trinajstić information content (AvgIpc) is 2.22. The van der Waals surface area contributed by atoms with E-state index in [-0.39, 0.29) is 6.42 Å². The van der Waals surface area contributed by atoms with Crippen LogP contribution in [0.1, 0.15) is 19.3 Å². The summed E-state index contributed by atoms with van der Waals surface area (Å²) in [6, 6.07) is 0. The van der Waals surface area contributed by atoms with Crippen molar-refractivity contribution in [2.24, 2.45) is 5.41 Å². The molecule has 2 fully saturated rings. The fraction of sp³-hybridized carbons (Fsp3) is 1.00. The predicted octanol–water partition coefficient (Wildman–Crippen LogP) is 1.81. The van der Waals surface area contributed by atoms with E-state index >= 15 is 0 Å². The van der Waals surface area contributed by atoms with E-state index in [1.165, 1.54) is 0 Å². The van der Waals surface area contributed by atoms with Gasteiger partial charge in [0.2, 0.25) is 0 Å². The minimum absolute atomic E-state index is 0.181. The van der Waals surface area contributed by atoms with Gasteiger partial charge >= 0.3 is 0 Å². The first-order valence-corrected chi connectivity index (χ1v) is 2.54. The maximum absolute atomic E-state index is 12.0. The molecule has 2 aliphatic carbocycles. The lowest BCUT2D eigenvalue weighted by Gasteiger charge is -1.84. The predicted molar refractivity (Wildman–Crippen MR) is 21.2 cm³/mol. The lowest BCUT2D eigenvalue weighted by molar-refractivity contribution is 0.0933. The Morgan fingerprint density at radius 1 is 1.14 bits per heavy atom. The maximum Gasteiger partial charge on any atom is 0.254 e. The molecule has 0 aromatic carbocycles. The molecular weight excluding hydrogens is 98.1 g/mol. The smallest absolute Gasteiger partial charge is 0.206 e. The third-order valence-corrected chi connectivity index (χ3v) is 2.06. The molecule has 2 aliphatic rings. The summed E-state index contributed by atoms with van der Waals surface area (Å²) in [7, 11) is 0. The van der Waals surface area contributed by atoms with Crippen molar-refractivity contribution in [1.29, 1.82) is 0 Å².